The van der Waals surface area contributed by atoms with Gasteiger partial charge < -0.3 is 4.74 Å². The van der Waals surface area contributed by atoms with E-state index in [-0.39, 0.29) is 10.7 Å². The second-order valence-electron chi connectivity index (χ2n) is 6.34. The molecule has 5 nitrogen and oxygen atoms in total. The molecule has 7 heteroatoms. The molecule has 29 heavy (non-hydrogen) atoms. The van der Waals surface area contributed by atoms with Crippen LogP contribution in [0.5, 0.6) is 5.75 Å². The number of methoxy groups -OCH3 is 1. The highest BCUT2D eigenvalue weighted by atomic mass is 32.1. The summed E-state index contributed by atoms with van der Waals surface area (Å²) in [7, 11) is 1.58. The van der Waals surface area contributed by atoms with Crippen LogP contribution in [0.15, 0.2) is 66.2 Å². The first kappa shape index (κ1) is 18.8. The van der Waals surface area contributed by atoms with Crippen molar-refractivity contribution in [3.8, 4) is 5.75 Å². The van der Waals surface area contributed by atoms with Gasteiger partial charge in [-0.25, -0.2) is 4.39 Å². The van der Waals surface area contributed by atoms with Crippen LogP contribution in [-0.2, 0) is 9.59 Å². The van der Waals surface area contributed by atoms with E-state index >= 15 is 0 Å². The third kappa shape index (κ3) is 3.36. The number of hydrogen-bond acceptors (Lipinski definition) is 4. The van der Waals surface area contributed by atoms with Crippen molar-refractivity contribution in [1.82, 2.24) is 5.32 Å². The smallest absolute Gasteiger partial charge is 0.270 e. The third-order valence-electron chi connectivity index (χ3n) is 4.62. The highest BCUT2D eigenvalue weighted by molar-refractivity contribution is 7.80. The predicted molar refractivity (Wildman–Crippen MR) is 113 cm³/mol. The van der Waals surface area contributed by atoms with Gasteiger partial charge in [0, 0.05) is 5.39 Å². The Morgan fingerprint density at radius 2 is 1.69 bits per heavy atom. The van der Waals surface area contributed by atoms with Crippen molar-refractivity contribution in [1.29, 1.82) is 0 Å². The van der Waals surface area contributed by atoms with Crippen molar-refractivity contribution in [2.24, 2.45) is 0 Å². The van der Waals surface area contributed by atoms with E-state index in [0.717, 1.165) is 10.8 Å². The van der Waals surface area contributed by atoms with E-state index in [1.807, 2.05) is 24.3 Å². The second kappa shape index (κ2) is 7.44. The maximum atomic E-state index is 13.3. The van der Waals surface area contributed by atoms with Crippen LogP contribution in [0.4, 0.5) is 10.1 Å². The van der Waals surface area contributed by atoms with Crippen molar-refractivity contribution in [2.75, 3.05) is 12.0 Å². The molecular weight excluding hydrogens is 391 g/mol. The van der Waals surface area contributed by atoms with Crippen LogP contribution in [0.2, 0.25) is 0 Å². The number of fused-ring (bicyclic) bond motifs is 1. The standard InChI is InChI=1S/C22H15FN2O3S/c1-28-19-11-6-13(16-4-2-3-5-17(16)19)12-18-20(26)24-22(29)25(21(18)27)15-9-7-14(23)8-10-15/h2-12H,1H3,(H,24,26,29)/b18-12+. The fraction of sp³-hybridized carbons (Fsp3) is 0.0455. The van der Waals surface area contributed by atoms with Crippen LogP contribution < -0.4 is 15.0 Å². The lowest BCUT2D eigenvalue weighted by Crippen LogP contribution is -2.54. The quantitative estimate of drug-likeness (QED) is 0.408. The Morgan fingerprint density at radius 3 is 2.38 bits per heavy atom. The van der Waals surface area contributed by atoms with Gasteiger partial charge in [0.05, 0.1) is 12.8 Å². The van der Waals surface area contributed by atoms with Gasteiger partial charge in [-0.1, -0.05) is 30.3 Å². The Hall–Kier alpha value is -3.58. The zero-order valence-corrected chi connectivity index (χ0v) is 16.1. The molecule has 0 aromatic heterocycles. The molecule has 1 saturated heterocycles. The molecule has 0 bridgehead atoms. The topological polar surface area (TPSA) is 58.6 Å². The molecule has 4 rings (SSSR count). The number of hydrogen-bond donors (Lipinski definition) is 1. The second-order valence-corrected chi connectivity index (χ2v) is 6.72. The van der Waals surface area contributed by atoms with E-state index in [9.17, 15) is 14.0 Å². The lowest BCUT2D eigenvalue weighted by atomic mass is 10.00. The van der Waals surface area contributed by atoms with Gasteiger partial charge in [-0.2, -0.15) is 0 Å². The molecule has 1 heterocycles. The average molecular weight is 406 g/mol. The Bertz CT molecular complexity index is 1190. The third-order valence-corrected chi connectivity index (χ3v) is 4.91. The first-order valence-electron chi connectivity index (χ1n) is 8.72. The van der Waals surface area contributed by atoms with Crippen molar-refractivity contribution in [2.45, 2.75) is 0 Å². The van der Waals surface area contributed by atoms with E-state index in [4.69, 9.17) is 17.0 Å². The Kier molecular flexibility index (Phi) is 4.82. The van der Waals surface area contributed by atoms with Gasteiger partial charge in [-0.15, -0.1) is 0 Å². The minimum absolute atomic E-state index is 0.0525. The van der Waals surface area contributed by atoms with Gasteiger partial charge in [0.15, 0.2) is 5.11 Å². The number of benzene rings is 3. The molecule has 0 saturated carbocycles. The molecule has 3 aromatic rings. The highest BCUT2D eigenvalue weighted by Crippen LogP contribution is 2.30. The number of amides is 2. The molecule has 0 unspecified atom stereocenters. The summed E-state index contributed by atoms with van der Waals surface area (Å²) < 4.78 is 18.6. The summed E-state index contributed by atoms with van der Waals surface area (Å²) >= 11 is 5.16. The zero-order valence-electron chi connectivity index (χ0n) is 15.3. The largest absolute Gasteiger partial charge is 0.496 e. The number of thiocarbonyl (C=S) groups is 1. The number of nitrogens with zero attached hydrogens (tertiary/aromatic N) is 1. The van der Waals surface area contributed by atoms with Gasteiger partial charge in [0.25, 0.3) is 11.8 Å². The van der Waals surface area contributed by atoms with Gasteiger partial charge >= 0.3 is 0 Å². The molecule has 1 aliphatic rings. The van der Waals surface area contributed by atoms with Gasteiger partial charge in [0.1, 0.15) is 17.1 Å². The van der Waals surface area contributed by atoms with Crippen molar-refractivity contribution in [3.05, 3.63) is 77.6 Å². The normalized spacial score (nSPS) is 15.7. The van der Waals surface area contributed by atoms with E-state index < -0.39 is 17.6 Å². The highest BCUT2D eigenvalue weighted by Gasteiger charge is 2.34. The molecule has 0 aliphatic carbocycles. The number of ether oxygens (including phenoxy) is 1. The summed E-state index contributed by atoms with van der Waals surface area (Å²) in [6, 6.07) is 16.4. The Morgan fingerprint density at radius 1 is 1.00 bits per heavy atom. The van der Waals surface area contributed by atoms with E-state index in [2.05, 4.69) is 5.32 Å². The van der Waals surface area contributed by atoms with Crippen molar-refractivity contribution in [3.63, 3.8) is 0 Å². The van der Waals surface area contributed by atoms with Crippen LogP contribution in [-0.4, -0.2) is 24.0 Å². The Labute approximate surface area is 171 Å². The first-order valence-corrected chi connectivity index (χ1v) is 9.13. The number of carbonyl (C=O) groups is 2. The fourth-order valence-corrected chi connectivity index (χ4v) is 3.52. The summed E-state index contributed by atoms with van der Waals surface area (Å²) in [5, 5.41) is 4.17. The van der Waals surface area contributed by atoms with Crippen LogP contribution in [0.1, 0.15) is 5.56 Å². The van der Waals surface area contributed by atoms with E-state index in [0.29, 0.717) is 17.0 Å². The molecular formula is C22H15FN2O3S. The molecule has 0 spiro atoms. The average Bonchev–Trinajstić information content (AvgIpc) is 2.72. The molecule has 1 fully saturated rings. The van der Waals surface area contributed by atoms with Crippen LogP contribution in [0.3, 0.4) is 0 Å². The fourth-order valence-electron chi connectivity index (χ4n) is 3.24. The van der Waals surface area contributed by atoms with Gasteiger partial charge in [0.2, 0.25) is 0 Å². The van der Waals surface area contributed by atoms with E-state index in [1.54, 1.807) is 19.2 Å². The molecule has 1 N–H and O–H groups in total. The number of halogens is 1. The van der Waals surface area contributed by atoms with Gasteiger partial charge in [-0.05, 0) is 59.6 Å². The summed E-state index contributed by atoms with van der Waals surface area (Å²) in [6.45, 7) is 0. The SMILES string of the molecule is COc1ccc(/C=C2\C(=O)NC(=S)N(c3ccc(F)cc3)C2=O)c2ccccc12. The monoisotopic (exact) mass is 406 g/mol. The van der Waals surface area contributed by atoms with Crippen LogP contribution in [0.25, 0.3) is 16.8 Å². The van der Waals surface area contributed by atoms with Crippen LogP contribution >= 0.6 is 12.2 Å². The molecule has 144 valence electrons. The van der Waals surface area contributed by atoms with E-state index in [1.165, 1.54) is 35.2 Å². The number of rotatable bonds is 3. The maximum Gasteiger partial charge on any atom is 0.270 e. The minimum Gasteiger partial charge on any atom is -0.496 e. The first-order chi connectivity index (χ1) is 14.0. The molecule has 3 aromatic carbocycles. The zero-order chi connectivity index (χ0) is 20.5. The summed E-state index contributed by atoms with van der Waals surface area (Å²) in [5.41, 5.74) is 0.983. The lowest BCUT2D eigenvalue weighted by molar-refractivity contribution is -0.122. The molecule has 2 amide bonds. The molecule has 1 aliphatic heterocycles. The summed E-state index contributed by atoms with van der Waals surface area (Å²) in [4.78, 5) is 26.8. The predicted octanol–water partition coefficient (Wildman–Crippen LogP) is 3.82. The maximum absolute atomic E-state index is 13.3. The number of anilines is 1. The summed E-state index contributed by atoms with van der Waals surface area (Å²) in [6.07, 6.45) is 1.53. The van der Waals surface area contributed by atoms with Crippen molar-refractivity contribution >= 4 is 51.7 Å². The van der Waals surface area contributed by atoms with Gasteiger partial charge in [-0.3, -0.25) is 19.8 Å². The number of carbonyl (C=O) groups excluding carboxylic acids is 2. The molecule has 0 radical (unpaired) electrons. The summed E-state index contributed by atoms with van der Waals surface area (Å²) in [5.74, 6) is -0.909. The van der Waals surface area contributed by atoms with Crippen molar-refractivity contribution < 1.29 is 18.7 Å². The minimum atomic E-state index is -0.585. The number of nitrogens with one attached hydrogen (secondary N) is 1. The Balaban J connectivity index is 1.82. The van der Waals surface area contributed by atoms with Crippen LogP contribution in [0, 0.1) is 5.82 Å². The molecule has 0 atom stereocenters. The lowest BCUT2D eigenvalue weighted by Gasteiger charge is -2.29.